The molecule has 2 fully saturated rings. The number of aromatic nitrogens is 2. The van der Waals surface area contributed by atoms with Crippen LogP contribution in [0.5, 0.6) is 5.75 Å². The van der Waals surface area contributed by atoms with Crippen molar-refractivity contribution in [1.82, 2.24) is 15.5 Å². The zero-order valence-electron chi connectivity index (χ0n) is 14.0. The summed E-state index contributed by atoms with van der Waals surface area (Å²) in [5.41, 5.74) is -1.24. The number of phenolic OH excluding ortho intramolecular Hbond substituents is 1. The topological polar surface area (TPSA) is 61.3 Å². The van der Waals surface area contributed by atoms with E-state index in [2.05, 4.69) is 20.4 Å². The Kier molecular flexibility index (Phi) is 4.22. The molecule has 0 spiro atoms. The molecule has 1 aromatic heterocycles. The number of alkyl halides is 3. The van der Waals surface area contributed by atoms with Gasteiger partial charge in [-0.05, 0) is 49.6 Å². The number of fused-ring (bicyclic) bond motifs is 1. The highest BCUT2D eigenvalue weighted by atomic mass is 19.4. The molecule has 2 N–H and O–H groups in total. The van der Waals surface area contributed by atoms with Crippen LogP contribution < -0.4 is 10.2 Å². The fourth-order valence-corrected chi connectivity index (χ4v) is 4.01. The quantitative estimate of drug-likeness (QED) is 0.858. The summed E-state index contributed by atoms with van der Waals surface area (Å²) >= 11 is 0. The first-order chi connectivity index (χ1) is 12.4. The Bertz CT molecular complexity index is 794. The Morgan fingerprint density at radius 3 is 2.69 bits per heavy atom. The van der Waals surface area contributed by atoms with E-state index in [9.17, 15) is 18.3 Å². The Balaban J connectivity index is 1.65. The summed E-state index contributed by atoms with van der Waals surface area (Å²) in [5, 5.41) is 21.5. The van der Waals surface area contributed by atoms with E-state index in [0.717, 1.165) is 38.5 Å². The summed E-state index contributed by atoms with van der Waals surface area (Å²) < 4.78 is 39.7. The number of rotatable bonds is 2. The number of benzene rings is 1. The van der Waals surface area contributed by atoms with Crippen molar-refractivity contribution in [2.45, 2.75) is 25.1 Å². The molecule has 2 aromatic rings. The molecule has 0 radical (unpaired) electrons. The van der Waals surface area contributed by atoms with Gasteiger partial charge in [-0.2, -0.15) is 13.2 Å². The maximum atomic E-state index is 13.2. The van der Waals surface area contributed by atoms with Crippen molar-refractivity contribution in [1.29, 1.82) is 0 Å². The molecule has 0 amide bonds. The molecule has 0 aliphatic carbocycles. The van der Waals surface area contributed by atoms with Crippen LogP contribution in [0.4, 0.5) is 19.0 Å². The zero-order chi connectivity index (χ0) is 18.3. The number of anilines is 1. The lowest BCUT2D eigenvalue weighted by molar-refractivity contribution is -0.137. The minimum Gasteiger partial charge on any atom is -0.507 e. The standard InChI is InChI=1S/C18H19F3N4O/c19-18(20,21)12-2-1-3-15(26)17(12)13-4-5-16(24-23-13)25-9-7-11-6-8-22-10-14(11)25/h1-5,11,14,22,26H,6-10H2. The first kappa shape index (κ1) is 17.1. The van der Waals surface area contributed by atoms with Crippen LogP contribution in [-0.2, 0) is 6.18 Å². The monoisotopic (exact) mass is 364 g/mol. The van der Waals surface area contributed by atoms with Crippen LogP contribution in [0, 0.1) is 5.92 Å². The number of phenols is 1. The minimum absolute atomic E-state index is 0.0108. The Morgan fingerprint density at radius 2 is 1.96 bits per heavy atom. The van der Waals surface area contributed by atoms with Crippen LogP contribution in [0.1, 0.15) is 18.4 Å². The molecule has 2 aliphatic rings. The number of hydrogen-bond donors (Lipinski definition) is 2. The number of hydrogen-bond acceptors (Lipinski definition) is 5. The number of halogens is 3. The van der Waals surface area contributed by atoms with Gasteiger partial charge in [-0.25, -0.2) is 0 Å². The van der Waals surface area contributed by atoms with Gasteiger partial charge in [-0.15, -0.1) is 10.2 Å². The van der Waals surface area contributed by atoms with Crippen LogP contribution in [0.3, 0.4) is 0 Å². The minimum atomic E-state index is -4.58. The van der Waals surface area contributed by atoms with E-state index >= 15 is 0 Å². The van der Waals surface area contributed by atoms with E-state index in [1.807, 2.05) is 0 Å². The van der Waals surface area contributed by atoms with E-state index in [1.165, 1.54) is 18.2 Å². The Morgan fingerprint density at radius 1 is 1.12 bits per heavy atom. The predicted octanol–water partition coefficient (Wildman–Crippen LogP) is 3.06. The van der Waals surface area contributed by atoms with Crippen molar-refractivity contribution < 1.29 is 18.3 Å². The molecule has 2 atom stereocenters. The van der Waals surface area contributed by atoms with Crippen LogP contribution >= 0.6 is 0 Å². The van der Waals surface area contributed by atoms with Gasteiger partial charge >= 0.3 is 6.18 Å². The third-order valence-corrected chi connectivity index (χ3v) is 5.28. The highest BCUT2D eigenvalue weighted by Crippen LogP contribution is 2.41. The molecule has 0 saturated carbocycles. The van der Waals surface area contributed by atoms with Gasteiger partial charge in [0.25, 0.3) is 0 Å². The first-order valence-electron chi connectivity index (χ1n) is 8.66. The number of piperidine rings is 1. The van der Waals surface area contributed by atoms with Crippen LogP contribution in [-0.4, -0.2) is 41.0 Å². The van der Waals surface area contributed by atoms with Crippen molar-refractivity contribution in [3.05, 3.63) is 35.9 Å². The Labute approximate surface area is 148 Å². The number of nitrogens with zero attached hydrogens (tertiary/aromatic N) is 3. The average molecular weight is 364 g/mol. The molecule has 1 aromatic carbocycles. The van der Waals surface area contributed by atoms with Crippen molar-refractivity contribution in [3.63, 3.8) is 0 Å². The van der Waals surface area contributed by atoms with Gasteiger partial charge in [0.1, 0.15) is 5.75 Å². The fourth-order valence-electron chi connectivity index (χ4n) is 4.01. The molecule has 4 rings (SSSR count). The van der Waals surface area contributed by atoms with Crippen molar-refractivity contribution in [2.24, 2.45) is 5.92 Å². The van der Waals surface area contributed by atoms with Gasteiger partial charge in [-0.1, -0.05) is 6.07 Å². The summed E-state index contributed by atoms with van der Waals surface area (Å²) in [6.07, 6.45) is -2.36. The van der Waals surface area contributed by atoms with E-state index in [0.29, 0.717) is 17.8 Å². The lowest BCUT2D eigenvalue weighted by Crippen LogP contribution is -2.46. The summed E-state index contributed by atoms with van der Waals surface area (Å²) in [4.78, 5) is 2.17. The molecule has 2 saturated heterocycles. The molecular weight excluding hydrogens is 345 g/mol. The molecule has 3 heterocycles. The zero-order valence-corrected chi connectivity index (χ0v) is 14.0. The second-order valence-electron chi connectivity index (χ2n) is 6.78. The molecule has 2 unspecified atom stereocenters. The van der Waals surface area contributed by atoms with E-state index in [1.54, 1.807) is 6.07 Å². The van der Waals surface area contributed by atoms with E-state index in [4.69, 9.17) is 0 Å². The molecule has 5 nitrogen and oxygen atoms in total. The second-order valence-corrected chi connectivity index (χ2v) is 6.78. The van der Waals surface area contributed by atoms with Gasteiger partial charge in [0, 0.05) is 19.1 Å². The number of nitrogens with one attached hydrogen (secondary N) is 1. The van der Waals surface area contributed by atoms with Gasteiger partial charge in [0.05, 0.1) is 16.8 Å². The molecule has 0 bridgehead atoms. The maximum absolute atomic E-state index is 13.2. The predicted molar refractivity (Wildman–Crippen MR) is 90.9 cm³/mol. The van der Waals surface area contributed by atoms with Gasteiger partial charge < -0.3 is 15.3 Å². The van der Waals surface area contributed by atoms with Crippen molar-refractivity contribution in [3.8, 4) is 17.0 Å². The van der Waals surface area contributed by atoms with Crippen molar-refractivity contribution in [2.75, 3.05) is 24.5 Å². The largest absolute Gasteiger partial charge is 0.507 e. The van der Waals surface area contributed by atoms with Crippen LogP contribution in [0.15, 0.2) is 30.3 Å². The second kappa shape index (κ2) is 6.42. The highest BCUT2D eigenvalue weighted by Gasteiger charge is 2.37. The van der Waals surface area contributed by atoms with Crippen LogP contribution in [0.2, 0.25) is 0 Å². The van der Waals surface area contributed by atoms with Crippen molar-refractivity contribution >= 4 is 5.82 Å². The number of aromatic hydroxyl groups is 1. The first-order valence-corrected chi connectivity index (χ1v) is 8.66. The summed E-state index contributed by atoms with van der Waals surface area (Å²) in [5.74, 6) is 0.821. The molecule has 26 heavy (non-hydrogen) atoms. The summed E-state index contributed by atoms with van der Waals surface area (Å²) in [7, 11) is 0. The van der Waals surface area contributed by atoms with Gasteiger partial charge in [-0.3, -0.25) is 0 Å². The SMILES string of the molecule is Oc1cccc(C(F)(F)F)c1-c1ccc(N2CCC3CCNCC32)nn1. The summed E-state index contributed by atoms with van der Waals surface area (Å²) in [6, 6.07) is 6.86. The molecule has 8 heteroatoms. The van der Waals surface area contributed by atoms with Gasteiger partial charge in [0.15, 0.2) is 5.82 Å². The van der Waals surface area contributed by atoms with E-state index < -0.39 is 17.5 Å². The molecule has 2 aliphatic heterocycles. The Hall–Kier alpha value is -2.35. The van der Waals surface area contributed by atoms with Gasteiger partial charge in [0.2, 0.25) is 0 Å². The third-order valence-electron chi connectivity index (χ3n) is 5.28. The van der Waals surface area contributed by atoms with E-state index in [-0.39, 0.29) is 11.3 Å². The smallest absolute Gasteiger partial charge is 0.417 e. The maximum Gasteiger partial charge on any atom is 0.417 e. The lowest BCUT2D eigenvalue weighted by atomic mass is 9.93. The summed E-state index contributed by atoms with van der Waals surface area (Å²) in [6.45, 7) is 2.77. The highest BCUT2D eigenvalue weighted by molar-refractivity contribution is 5.71. The lowest BCUT2D eigenvalue weighted by Gasteiger charge is -2.32. The van der Waals surface area contributed by atoms with Crippen LogP contribution in [0.25, 0.3) is 11.3 Å². The molecule has 138 valence electrons. The third kappa shape index (κ3) is 2.98. The fraction of sp³-hybridized carbons (Fsp3) is 0.444. The average Bonchev–Trinajstić information content (AvgIpc) is 3.05. The normalized spacial score (nSPS) is 23.1. The molecular formula is C18H19F3N4O.